The summed E-state index contributed by atoms with van der Waals surface area (Å²) in [6.45, 7) is 6.91. The molecule has 16 heavy (non-hydrogen) atoms. The second-order valence-electron chi connectivity index (χ2n) is 4.82. The second-order valence-corrected chi connectivity index (χ2v) is 4.82. The molecular formula is C12H23N3O. The van der Waals surface area contributed by atoms with E-state index >= 15 is 0 Å². The van der Waals surface area contributed by atoms with Gasteiger partial charge in [-0.15, -0.1) is 0 Å². The lowest BCUT2D eigenvalue weighted by molar-refractivity contribution is 0.0852. The van der Waals surface area contributed by atoms with Gasteiger partial charge in [-0.2, -0.15) is 0 Å². The summed E-state index contributed by atoms with van der Waals surface area (Å²) in [7, 11) is 0. The molecule has 2 rings (SSSR count). The number of fused-ring (bicyclic) bond motifs is 1. The Morgan fingerprint density at radius 2 is 2.25 bits per heavy atom. The Hall–Kier alpha value is -0.770. The Morgan fingerprint density at radius 1 is 1.38 bits per heavy atom. The lowest BCUT2D eigenvalue weighted by Gasteiger charge is -2.44. The first kappa shape index (κ1) is 11.7. The van der Waals surface area contributed by atoms with Crippen molar-refractivity contribution in [1.29, 1.82) is 0 Å². The number of hydrogen-bond acceptors (Lipinski definition) is 2. The fourth-order valence-corrected chi connectivity index (χ4v) is 2.61. The van der Waals surface area contributed by atoms with E-state index in [9.17, 15) is 4.79 Å². The third kappa shape index (κ3) is 2.48. The van der Waals surface area contributed by atoms with Crippen LogP contribution in [-0.4, -0.2) is 54.6 Å². The van der Waals surface area contributed by atoms with E-state index in [1.165, 1.54) is 12.8 Å². The van der Waals surface area contributed by atoms with E-state index in [-0.39, 0.29) is 6.03 Å². The van der Waals surface area contributed by atoms with Gasteiger partial charge in [-0.25, -0.2) is 4.79 Å². The van der Waals surface area contributed by atoms with Crippen LogP contribution in [0, 0.1) is 0 Å². The van der Waals surface area contributed by atoms with Crippen LogP contribution in [0.2, 0.25) is 0 Å². The second kappa shape index (κ2) is 5.53. The number of hydrogen-bond donors (Lipinski definition) is 1. The third-order valence-electron chi connectivity index (χ3n) is 3.63. The molecule has 2 amide bonds. The number of carbonyl (C=O) groups excluding carboxylic acids is 1. The number of piperazine rings is 1. The maximum Gasteiger partial charge on any atom is 0.320 e. The van der Waals surface area contributed by atoms with Gasteiger partial charge in [0.1, 0.15) is 0 Å². The Morgan fingerprint density at radius 3 is 3.06 bits per heavy atom. The highest BCUT2D eigenvalue weighted by atomic mass is 16.2. The number of unbranched alkanes of at least 4 members (excludes halogenated alkanes) is 2. The molecule has 1 N–H and O–H groups in total. The van der Waals surface area contributed by atoms with E-state index in [2.05, 4.69) is 17.1 Å². The minimum absolute atomic E-state index is 0.272. The Bertz CT molecular complexity index is 242. The molecule has 2 saturated heterocycles. The molecule has 92 valence electrons. The van der Waals surface area contributed by atoms with Crippen molar-refractivity contribution in [1.82, 2.24) is 15.1 Å². The van der Waals surface area contributed by atoms with Gasteiger partial charge >= 0.3 is 6.03 Å². The first-order valence-corrected chi connectivity index (χ1v) is 6.59. The van der Waals surface area contributed by atoms with E-state index in [1.54, 1.807) is 0 Å². The van der Waals surface area contributed by atoms with Gasteiger partial charge in [0.25, 0.3) is 0 Å². The summed E-state index contributed by atoms with van der Waals surface area (Å²) >= 11 is 0. The topological polar surface area (TPSA) is 35.6 Å². The summed E-state index contributed by atoms with van der Waals surface area (Å²) in [5, 5.41) is 3.36. The van der Waals surface area contributed by atoms with Crippen LogP contribution >= 0.6 is 0 Å². The van der Waals surface area contributed by atoms with Gasteiger partial charge in [-0.3, -0.25) is 0 Å². The normalized spacial score (nSPS) is 25.8. The fourth-order valence-electron chi connectivity index (χ4n) is 2.61. The molecule has 1 unspecified atom stereocenters. The molecule has 0 aromatic rings. The minimum atomic E-state index is 0.272. The Balaban J connectivity index is 1.85. The van der Waals surface area contributed by atoms with Crippen molar-refractivity contribution >= 4 is 6.03 Å². The number of nitrogens with one attached hydrogen (secondary N) is 1. The highest BCUT2D eigenvalue weighted by Crippen LogP contribution is 2.18. The largest absolute Gasteiger partial charge is 0.325 e. The van der Waals surface area contributed by atoms with Crippen molar-refractivity contribution in [3.05, 3.63) is 0 Å². The van der Waals surface area contributed by atoms with Gasteiger partial charge in [0.2, 0.25) is 0 Å². The van der Waals surface area contributed by atoms with Crippen LogP contribution in [0.4, 0.5) is 4.79 Å². The Kier molecular flexibility index (Phi) is 4.04. The van der Waals surface area contributed by atoms with E-state index in [0.717, 1.165) is 45.6 Å². The van der Waals surface area contributed by atoms with Crippen LogP contribution in [0.3, 0.4) is 0 Å². The predicted octanol–water partition coefficient (Wildman–Crippen LogP) is 1.28. The van der Waals surface area contributed by atoms with Crippen LogP contribution in [0.1, 0.15) is 32.6 Å². The van der Waals surface area contributed by atoms with Gasteiger partial charge in [0.05, 0.1) is 0 Å². The van der Waals surface area contributed by atoms with Crippen LogP contribution in [-0.2, 0) is 0 Å². The highest BCUT2D eigenvalue weighted by molar-refractivity contribution is 5.75. The zero-order valence-corrected chi connectivity index (χ0v) is 10.2. The van der Waals surface area contributed by atoms with E-state index in [1.807, 2.05) is 4.90 Å². The molecule has 0 aromatic heterocycles. The molecular weight excluding hydrogens is 202 g/mol. The molecule has 4 heteroatoms. The quantitative estimate of drug-likeness (QED) is 0.732. The number of rotatable bonds is 4. The molecule has 0 aromatic carbocycles. The molecule has 1 atom stereocenters. The van der Waals surface area contributed by atoms with Gasteiger partial charge in [0.15, 0.2) is 0 Å². The number of urea groups is 1. The molecule has 0 bridgehead atoms. The van der Waals surface area contributed by atoms with Crippen molar-refractivity contribution in [2.24, 2.45) is 0 Å². The van der Waals surface area contributed by atoms with Crippen LogP contribution in [0.5, 0.6) is 0 Å². The standard InChI is InChI=1S/C12H23N3O/c1-2-3-4-7-14-8-5-11-10-13-6-9-15(11)12(14)16/h11,13H,2-10H2,1H3. The van der Waals surface area contributed by atoms with E-state index < -0.39 is 0 Å². The fraction of sp³-hybridized carbons (Fsp3) is 0.917. The summed E-state index contributed by atoms with van der Waals surface area (Å²) in [4.78, 5) is 16.3. The SMILES string of the molecule is CCCCCN1CCC2CNCCN2C1=O. The van der Waals surface area contributed by atoms with Crippen molar-refractivity contribution in [3.63, 3.8) is 0 Å². The van der Waals surface area contributed by atoms with Crippen LogP contribution < -0.4 is 5.32 Å². The van der Waals surface area contributed by atoms with Crippen molar-refractivity contribution in [2.45, 2.75) is 38.6 Å². The molecule has 2 heterocycles. The molecule has 0 spiro atoms. The smallest absolute Gasteiger partial charge is 0.320 e. The van der Waals surface area contributed by atoms with Gasteiger partial charge in [0, 0.05) is 38.8 Å². The highest BCUT2D eigenvalue weighted by Gasteiger charge is 2.33. The summed E-state index contributed by atoms with van der Waals surface area (Å²) in [5.74, 6) is 0. The average Bonchev–Trinajstić information content (AvgIpc) is 2.33. The van der Waals surface area contributed by atoms with Crippen LogP contribution in [0.15, 0.2) is 0 Å². The summed E-state index contributed by atoms with van der Waals surface area (Å²) in [5.41, 5.74) is 0. The molecule has 2 fully saturated rings. The van der Waals surface area contributed by atoms with Gasteiger partial charge in [-0.1, -0.05) is 19.8 Å². The summed E-state index contributed by atoms with van der Waals surface area (Å²) < 4.78 is 0. The summed E-state index contributed by atoms with van der Waals surface area (Å²) in [6.07, 6.45) is 4.73. The third-order valence-corrected chi connectivity index (χ3v) is 3.63. The zero-order chi connectivity index (χ0) is 11.4. The molecule has 2 aliphatic heterocycles. The van der Waals surface area contributed by atoms with Gasteiger partial charge < -0.3 is 15.1 Å². The lowest BCUT2D eigenvalue weighted by Crippen LogP contribution is -2.61. The molecule has 0 aliphatic carbocycles. The number of amides is 2. The molecule has 4 nitrogen and oxygen atoms in total. The maximum absolute atomic E-state index is 12.2. The molecule has 0 saturated carbocycles. The van der Waals surface area contributed by atoms with E-state index in [4.69, 9.17) is 0 Å². The van der Waals surface area contributed by atoms with Crippen molar-refractivity contribution in [2.75, 3.05) is 32.7 Å². The summed E-state index contributed by atoms with van der Waals surface area (Å²) in [6, 6.07) is 0.720. The van der Waals surface area contributed by atoms with Crippen molar-refractivity contribution in [3.8, 4) is 0 Å². The molecule has 0 radical (unpaired) electrons. The first-order valence-electron chi connectivity index (χ1n) is 6.59. The van der Waals surface area contributed by atoms with Crippen molar-refractivity contribution < 1.29 is 4.79 Å². The Labute approximate surface area is 98.0 Å². The first-order chi connectivity index (χ1) is 7.83. The van der Waals surface area contributed by atoms with Crippen LogP contribution in [0.25, 0.3) is 0 Å². The molecule has 2 aliphatic rings. The lowest BCUT2D eigenvalue weighted by atomic mass is 10.1. The minimum Gasteiger partial charge on any atom is -0.325 e. The van der Waals surface area contributed by atoms with Gasteiger partial charge in [-0.05, 0) is 12.8 Å². The average molecular weight is 225 g/mol. The predicted molar refractivity (Wildman–Crippen MR) is 64.5 cm³/mol. The number of carbonyl (C=O) groups is 1. The maximum atomic E-state index is 12.2. The zero-order valence-electron chi connectivity index (χ0n) is 10.2. The van der Waals surface area contributed by atoms with E-state index in [0.29, 0.717) is 6.04 Å². The monoisotopic (exact) mass is 225 g/mol. The number of nitrogens with zero attached hydrogens (tertiary/aromatic N) is 2.